The molecule has 0 unspecified atom stereocenters. The molecule has 40 heavy (non-hydrogen) atoms. The number of methoxy groups -OCH3 is 1. The van der Waals surface area contributed by atoms with Crippen LogP contribution in [-0.2, 0) is 19.1 Å². The van der Waals surface area contributed by atoms with Gasteiger partial charge in [-0.3, -0.25) is 14.5 Å². The molecule has 0 aromatic heterocycles. The first-order valence-corrected chi connectivity index (χ1v) is 14.4. The summed E-state index contributed by atoms with van der Waals surface area (Å²) in [6, 6.07) is 10.6. The van der Waals surface area contributed by atoms with Crippen molar-refractivity contribution in [2.45, 2.75) is 13.8 Å². The van der Waals surface area contributed by atoms with E-state index >= 15 is 0 Å². The third-order valence-electron chi connectivity index (χ3n) is 6.01. The number of carbonyl (C=O) groups excluding carboxylic acids is 3. The highest BCUT2D eigenvalue weighted by molar-refractivity contribution is 9.10. The van der Waals surface area contributed by atoms with Crippen LogP contribution >= 0.6 is 27.7 Å². The van der Waals surface area contributed by atoms with Gasteiger partial charge in [0.05, 0.1) is 42.0 Å². The average molecular weight is 633 g/mol. The van der Waals surface area contributed by atoms with Crippen LogP contribution in [0.15, 0.2) is 50.8 Å². The molecule has 0 bridgehead atoms. The van der Waals surface area contributed by atoms with Gasteiger partial charge in [-0.2, -0.15) is 0 Å². The Labute approximate surface area is 245 Å². The van der Waals surface area contributed by atoms with Gasteiger partial charge in [0, 0.05) is 25.2 Å². The number of esters is 1. The molecule has 2 aromatic rings. The minimum atomic E-state index is -0.518. The first kappa shape index (κ1) is 29.6. The zero-order chi connectivity index (χ0) is 28.6. The molecule has 12 heteroatoms. The van der Waals surface area contributed by atoms with E-state index in [9.17, 15) is 14.4 Å². The van der Waals surface area contributed by atoms with Gasteiger partial charge in [-0.1, -0.05) is 6.07 Å². The fourth-order valence-corrected chi connectivity index (χ4v) is 5.69. The summed E-state index contributed by atoms with van der Waals surface area (Å²) in [6.45, 7) is 6.42. The number of aliphatic imine (C=N–C) groups is 1. The summed E-state index contributed by atoms with van der Waals surface area (Å²) in [5.74, 6) is 0.0285. The molecular formula is C28H30BrN3O7S. The molecule has 0 saturated carbocycles. The van der Waals surface area contributed by atoms with Gasteiger partial charge in [-0.15, -0.1) is 0 Å². The van der Waals surface area contributed by atoms with Gasteiger partial charge in [-0.05, 0) is 83.5 Å². The van der Waals surface area contributed by atoms with Crippen LogP contribution in [0.4, 0.5) is 5.69 Å². The van der Waals surface area contributed by atoms with Gasteiger partial charge in [0.25, 0.3) is 11.8 Å². The van der Waals surface area contributed by atoms with E-state index in [4.69, 9.17) is 19.2 Å². The Hall–Kier alpha value is -3.35. The topological polar surface area (TPSA) is 107 Å². The van der Waals surface area contributed by atoms with Crippen molar-refractivity contribution in [1.82, 2.24) is 9.80 Å². The lowest BCUT2D eigenvalue weighted by molar-refractivity contribution is -0.143. The lowest BCUT2D eigenvalue weighted by Crippen LogP contribution is -2.40. The zero-order valence-corrected chi connectivity index (χ0v) is 24.9. The summed E-state index contributed by atoms with van der Waals surface area (Å²) in [5, 5.41) is 0.525. The molecule has 2 saturated heterocycles. The van der Waals surface area contributed by atoms with Crippen molar-refractivity contribution >= 4 is 62.4 Å². The fourth-order valence-electron chi connectivity index (χ4n) is 4.05. The third-order valence-corrected chi connectivity index (χ3v) is 7.61. The lowest BCUT2D eigenvalue weighted by Gasteiger charge is -2.26. The molecule has 0 atom stereocenters. The van der Waals surface area contributed by atoms with Crippen molar-refractivity contribution in [2.75, 3.05) is 53.2 Å². The van der Waals surface area contributed by atoms with Crippen LogP contribution in [0.3, 0.4) is 0 Å². The number of amidine groups is 1. The number of hydrogen-bond acceptors (Lipinski definition) is 9. The van der Waals surface area contributed by atoms with Crippen LogP contribution in [0.5, 0.6) is 11.5 Å². The summed E-state index contributed by atoms with van der Waals surface area (Å²) in [4.78, 5) is 46.3. The number of nitrogens with zero attached hydrogens (tertiary/aromatic N) is 3. The van der Waals surface area contributed by atoms with Gasteiger partial charge in [-0.25, -0.2) is 9.79 Å². The van der Waals surface area contributed by atoms with Gasteiger partial charge in [0.1, 0.15) is 0 Å². The van der Waals surface area contributed by atoms with Crippen molar-refractivity contribution < 1.29 is 33.3 Å². The standard InChI is InChI=1S/C28H30BrN3O7S/c1-4-32-27(35)23(15-18-13-21(29)25(22(14-18)38-5-2)39-17-24(33)36-3)40-28(32)30-20-8-6-7-19(16-20)26(34)31-9-11-37-12-10-31/h6-8,13-16H,4-5,9-12,17H2,1-3H3/b23-15+,30-28?. The zero-order valence-electron chi connectivity index (χ0n) is 22.5. The van der Waals surface area contributed by atoms with E-state index in [2.05, 4.69) is 20.7 Å². The molecule has 2 amide bonds. The molecule has 2 heterocycles. The number of morpholine rings is 1. The van der Waals surface area contributed by atoms with E-state index < -0.39 is 5.97 Å². The molecule has 2 aliphatic rings. The Kier molecular flexibility index (Phi) is 10.2. The maximum Gasteiger partial charge on any atom is 0.343 e. The quantitative estimate of drug-likeness (QED) is 0.294. The number of benzene rings is 2. The SMILES string of the molecule is CCOc1cc(/C=C2/SC(=Nc3cccc(C(=O)N4CCOCC4)c3)N(CC)C2=O)cc(Br)c1OCC(=O)OC. The molecule has 2 aromatic carbocycles. The number of carbonyl (C=O) groups is 3. The highest BCUT2D eigenvalue weighted by Gasteiger charge is 2.32. The van der Waals surface area contributed by atoms with Gasteiger partial charge in [0.15, 0.2) is 23.3 Å². The Morgan fingerprint density at radius 1 is 1.15 bits per heavy atom. The van der Waals surface area contributed by atoms with E-state index in [0.29, 0.717) is 82.3 Å². The van der Waals surface area contributed by atoms with Crippen molar-refractivity contribution in [2.24, 2.45) is 4.99 Å². The average Bonchev–Trinajstić information content (AvgIpc) is 3.25. The summed E-state index contributed by atoms with van der Waals surface area (Å²) >= 11 is 4.74. The van der Waals surface area contributed by atoms with Crippen molar-refractivity contribution in [3.63, 3.8) is 0 Å². The van der Waals surface area contributed by atoms with Crippen molar-refractivity contribution in [3.05, 3.63) is 56.9 Å². The molecule has 4 rings (SSSR count). The molecule has 0 spiro atoms. The van der Waals surface area contributed by atoms with E-state index in [1.165, 1.54) is 18.9 Å². The second kappa shape index (κ2) is 13.8. The van der Waals surface area contributed by atoms with Crippen LogP contribution in [0.25, 0.3) is 6.08 Å². The Balaban J connectivity index is 1.59. The maximum absolute atomic E-state index is 13.3. The first-order valence-electron chi connectivity index (χ1n) is 12.8. The van der Waals surface area contributed by atoms with Crippen LogP contribution in [-0.4, -0.2) is 85.9 Å². The minimum Gasteiger partial charge on any atom is -0.490 e. The van der Waals surface area contributed by atoms with Crippen molar-refractivity contribution in [1.29, 1.82) is 0 Å². The molecule has 0 radical (unpaired) electrons. The van der Waals surface area contributed by atoms with E-state index in [-0.39, 0.29) is 18.4 Å². The molecule has 10 nitrogen and oxygen atoms in total. The van der Waals surface area contributed by atoms with Gasteiger partial charge < -0.3 is 23.8 Å². The molecule has 212 valence electrons. The summed E-state index contributed by atoms with van der Waals surface area (Å²) in [6.07, 6.45) is 1.76. The highest BCUT2D eigenvalue weighted by atomic mass is 79.9. The number of thioether (sulfide) groups is 1. The molecule has 0 N–H and O–H groups in total. The van der Waals surface area contributed by atoms with Crippen LogP contribution < -0.4 is 9.47 Å². The second-order valence-corrected chi connectivity index (χ2v) is 10.5. The maximum atomic E-state index is 13.3. The monoisotopic (exact) mass is 631 g/mol. The molecule has 2 fully saturated rings. The summed E-state index contributed by atoms with van der Waals surface area (Å²) in [7, 11) is 1.29. The number of rotatable bonds is 9. The highest BCUT2D eigenvalue weighted by Crippen LogP contribution is 2.40. The number of likely N-dealkylation sites (N-methyl/N-ethyl adjacent to an activating group) is 1. The second-order valence-electron chi connectivity index (χ2n) is 8.64. The van der Waals surface area contributed by atoms with E-state index in [1.54, 1.807) is 46.2 Å². The predicted octanol–water partition coefficient (Wildman–Crippen LogP) is 4.50. The van der Waals surface area contributed by atoms with Crippen LogP contribution in [0.2, 0.25) is 0 Å². The number of halogens is 1. The summed E-state index contributed by atoms with van der Waals surface area (Å²) < 4.78 is 21.9. The Morgan fingerprint density at radius 3 is 2.62 bits per heavy atom. The first-order chi connectivity index (χ1) is 19.3. The number of hydrogen-bond donors (Lipinski definition) is 0. The smallest absolute Gasteiger partial charge is 0.343 e. The van der Waals surface area contributed by atoms with Crippen molar-refractivity contribution in [3.8, 4) is 11.5 Å². The molecular weight excluding hydrogens is 602 g/mol. The summed E-state index contributed by atoms with van der Waals surface area (Å²) in [5.41, 5.74) is 1.83. The molecule has 0 aliphatic carbocycles. The van der Waals surface area contributed by atoms with Gasteiger partial charge in [0.2, 0.25) is 0 Å². The van der Waals surface area contributed by atoms with Crippen LogP contribution in [0.1, 0.15) is 29.8 Å². The van der Waals surface area contributed by atoms with E-state index in [1.807, 2.05) is 19.9 Å². The lowest BCUT2D eigenvalue weighted by atomic mass is 10.1. The molecule has 2 aliphatic heterocycles. The van der Waals surface area contributed by atoms with E-state index in [0.717, 1.165) is 0 Å². The predicted molar refractivity (Wildman–Crippen MR) is 156 cm³/mol. The number of amides is 2. The normalized spacial score (nSPS) is 17.4. The van der Waals surface area contributed by atoms with Gasteiger partial charge >= 0.3 is 5.97 Å². The Bertz CT molecular complexity index is 1340. The van der Waals surface area contributed by atoms with Crippen LogP contribution in [0, 0.1) is 0 Å². The largest absolute Gasteiger partial charge is 0.490 e. The number of ether oxygens (including phenoxy) is 4. The minimum absolute atomic E-state index is 0.0666. The fraction of sp³-hybridized carbons (Fsp3) is 0.357. The third kappa shape index (κ3) is 7.04. The Morgan fingerprint density at radius 2 is 1.93 bits per heavy atom.